The summed E-state index contributed by atoms with van der Waals surface area (Å²) in [5.74, 6) is 1.49. The van der Waals surface area contributed by atoms with Gasteiger partial charge in [-0.3, -0.25) is 0 Å². The summed E-state index contributed by atoms with van der Waals surface area (Å²) >= 11 is 0. The summed E-state index contributed by atoms with van der Waals surface area (Å²) < 4.78 is 24.0. The van der Waals surface area contributed by atoms with Gasteiger partial charge in [0.15, 0.2) is 5.79 Å². The third-order valence-corrected chi connectivity index (χ3v) is 9.97. The van der Waals surface area contributed by atoms with Crippen LogP contribution in [0, 0.1) is 28.6 Å². The zero-order chi connectivity index (χ0) is 19.0. The van der Waals surface area contributed by atoms with Gasteiger partial charge in [-0.2, -0.15) is 0 Å². The molecule has 0 radical (unpaired) electrons. The SMILES string of the molecule is CC12CCC3C(CC=C4CC5(CCC43CO)OCCO5)C1CCC21COCO1. The fraction of sp³-hybridized carbons (Fsp3) is 0.913. The summed E-state index contributed by atoms with van der Waals surface area (Å²) in [7, 11) is 0. The smallest absolute Gasteiger partial charge is 0.172 e. The van der Waals surface area contributed by atoms with Crippen LogP contribution < -0.4 is 0 Å². The van der Waals surface area contributed by atoms with Gasteiger partial charge >= 0.3 is 0 Å². The third kappa shape index (κ3) is 2.15. The largest absolute Gasteiger partial charge is 0.395 e. The molecule has 6 unspecified atom stereocenters. The Hall–Kier alpha value is -0.460. The number of rotatable bonds is 1. The van der Waals surface area contributed by atoms with Crippen LogP contribution in [0.1, 0.15) is 58.3 Å². The molecule has 2 heterocycles. The lowest BCUT2D eigenvalue weighted by atomic mass is 9.46. The highest BCUT2D eigenvalue weighted by Crippen LogP contribution is 2.69. The second-order valence-electron chi connectivity index (χ2n) is 10.5. The van der Waals surface area contributed by atoms with Gasteiger partial charge in [0.1, 0.15) is 12.4 Å². The lowest BCUT2D eigenvalue weighted by Crippen LogP contribution is -2.57. The van der Waals surface area contributed by atoms with Crippen LogP contribution in [0.3, 0.4) is 0 Å². The highest BCUT2D eigenvalue weighted by Gasteiger charge is 2.67. The van der Waals surface area contributed by atoms with Crippen LogP contribution in [-0.4, -0.2) is 49.7 Å². The first kappa shape index (κ1) is 18.3. The molecule has 0 aromatic rings. The fourth-order valence-electron chi connectivity index (χ4n) is 8.42. The summed E-state index contributed by atoms with van der Waals surface area (Å²) in [6, 6.07) is 0. The Kier molecular flexibility index (Phi) is 3.95. The minimum Gasteiger partial charge on any atom is -0.395 e. The minimum atomic E-state index is -0.410. The first-order chi connectivity index (χ1) is 13.6. The van der Waals surface area contributed by atoms with E-state index in [1.165, 1.54) is 24.8 Å². The van der Waals surface area contributed by atoms with Crippen molar-refractivity contribution < 1.29 is 24.1 Å². The Labute approximate surface area is 167 Å². The number of hydrogen-bond donors (Lipinski definition) is 1. The zero-order valence-corrected chi connectivity index (χ0v) is 17.1. The van der Waals surface area contributed by atoms with E-state index in [1.807, 2.05) is 0 Å². The van der Waals surface area contributed by atoms with Gasteiger partial charge < -0.3 is 24.1 Å². The maximum atomic E-state index is 10.7. The van der Waals surface area contributed by atoms with E-state index in [9.17, 15) is 5.11 Å². The minimum absolute atomic E-state index is 0.0619. The Morgan fingerprint density at radius 3 is 2.61 bits per heavy atom. The Morgan fingerprint density at radius 2 is 1.86 bits per heavy atom. The molecule has 2 spiro atoms. The van der Waals surface area contributed by atoms with Crippen molar-refractivity contribution in [2.24, 2.45) is 28.6 Å². The molecule has 4 aliphatic carbocycles. The summed E-state index contributed by atoms with van der Waals surface area (Å²) in [5.41, 5.74) is 1.50. The van der Waals surface area contributed by atoms with Crippen LogP contribution in [0.5, 0.6) is 0 Å². The number of hydrogen-bond acceptors (Lipinski definition) is 5. The second kappa shape index (κ2) is 6.04. The van der Waals surface area contributed by atoms with E-state index < -0.39 is 5.79 Å². The Morgan fingerprint density at radius 1 is 1.04 bits per heavy atom. The second-order valence-corrected chi connectivity index (χ2v) is 10.5. The maximum Gasteiger partial charge on any atom is 0.172 e. The summed E-state index contributed by atoms with van der Waals surface area (Å²) in [4.78, 5) is 0. The van der Waals surface area contributed by atoms with Gasteiger partial charge in [0.2, 0.25) is 0 Å². The highest BCUT2D eigenvalue weighted by atomic mass is 16.7. The molecule has 6 rings (SSSR count). The van der Waals surface area contributed by atoms with Gasteiger partial charge in [-0.25, -0.2) is 0 Å². The molecular weight excluding hydrogens is 356 g/mol. The molecule has 3 saturated carbocycles. The van der Waals surface area contributed by atoms with Crippen molar-refractivity contribution in [1.29, 1.82) is 0 Å². The molecule has 0 aromatic heterocycles. The predicted octanol–water partition coefficient (Wildman–Crippen LogP) is 3.41. The van der Waals surface area contributed by atoms with Crippen molar-refractivity contribution >= 4 is 0 Å². The molecule has 5 nitrogen and oxygen atoms in total. The van der Waals surface area contributed by atoms with Gasteiger partial charge in [0.05, 0.1) is 26.4 Å². The summed E-state index contributed by atoms with van der Waals surface area (Å²) in [6.07, 6.45) is 11.1. The zero-order valence-electron chi connectivity index (χ0n) is 17.1. The van der Waals surface area contributed by atoms with Gasteiger partial charge in [0, 0.05) is 23.7 Å². The van der Waals surface area contributed by atoms with E-state index in [0.717, 1.165) is 38.7 Å². The van der Waals surface area contributed by atoms with Crippen LogP contribution in [0.2, 0.25) is 0 Å². The Balaban J connectivity index is 1.34. The van der Waals surface area contributed by atoms with Crippen molar-refractivity contribution in [3.8, 4) is 0 Å². The molecule has 6 aliphatic rings. The van der Waals surface area contributed by atoms with Crippen molar-refractivity contribution in [2.45, 2.75) is 69.7 Å². The fourth-order valence-corrected chi connectivity index (χ4v) is 8.42. The lowest BCUT2D eigenvalue weighted by molar-refractivity contribution is -0.193. The first-order valence-corrected chi connectivity index (χ1v) is 11.4. The van der Waals surface area contributed by atoms with Crippen molar-refractivity contribution in [3.63, 3.8) is 0 Å². The molecule has 6 atom stereocenters. The van der Waals surface area contributed by atoms with Crippen molar-refractivity contribution in [2.75, 3.05) is 33.2 Å². The summed E-state index contributed by atoms with van der Waals surface area (Å²) in [6.45, 7) is 5.37. The molecule has 0 bridgehead atoms. The van der Waals surface area contributed by atoms with E-state index in [1.54, 1.807) is 0 Å². The number of allylic oxidation sites excluding steroid dienone is 1. The standard InChI is InChI=1S/C23H34O5/c1-20-6-4-19-17(18(20)5-7-22(20)14-25-15-28-22)3-2-16-12-23(26-10-11-27-23)9-8-21(16,19)13-24/h2,17-19,24H,3-15H2,1H3. The van der Waals surface area contributed by atoms with Crippen LogP contribution in [0.4, 0.5) is 0 Å². The molecule has 156 valence electrons. The molecule has 2 aliphatic heterocycles. The molecule has 28 heavy (non-hydrogen) atoms. The van der Waals surface area contributed by atoms with Gasteiger partial charge in [-0.05, 0) is 56.3 Å². The predicted molar refractivity (Wildman–Crippen MR) is 102 cm³/mol. The molecule has 0 aromatic carbocycles. The van der Waals surface area contributed by atoms with Crippen molar-refractivity contribution in [3.05, 3.63) is 11.6 Å². The van der Waals surface area contributed by atoms with E-state index in [4.69, 9.17) is 18.9 Å². The quantitative estimate of drug-likeness (QED) is 0.696. The Bertz CT molecular complexity index is 676. The first-order valence-electron chi connectivity index (χ1n) is 11.4. The monoisotopic (exact) mass is 390 g/mol. The molecular formula is C23H34O5. The van der Waals surface area contributed by atoms with Crippen LogP contribution >= 0.6 is 0 Å². The molecule has 1 N–H and O–H groups in total. The molecule has 2 saturated heterocycles. The maximum absolute atomic E-state index is 10.7. The highest BCUT2D eigenvalue weighted by molar-refractivity contribution is 5.28. The molecule has 5 fully saturated rings. The van der Waals surface area contributed by atoms with Crippen LogP contribution in [0.15, 0.2) is 11.6 Å². The van der Waals surface area contributed by atoms with Crippen LogP contribution in [0.25, 0.3) is 0 Å². The van der Waals surface area contributed by atoms with Gasteiger partial charge in [-0.15, -0.1) is 0 Å². The van der Waals surface area contributed by atoms with Crippen molar-refractivity contribution in [1.82, 2.24) is 0 Å². The normalized spacial score (nSPS) is 51.8. The van der Waals surface area contributed by atoms with E-state index in [2.05, 4.69) is 13.0 Å². The number of aliphatic hydroxyl groups is 1. The number of fused-ring (bicyclic) bond motifs is 6. The topological polar surface area (TPSA) is 57.2 Å². The molecule has 0 amide bonds. The third-order valence-electron chi connectivity index (χ3n) is 9.97. The summed E-state index contributed by atoms with van der Waals surface area (Å²) in [5, 5.41) is 10.7. The van der Waals surface area contributed by atoms with Gasteiger partial charge in [0.25, 0.3) is 0 Å². The van der Waals surface area contributed by atoms with E-state index in [-0.39, 0.29) is 23.0 Å². The number of ether oxygens (including phenoxy) is 4. The average Bonchev–Trinajstić information content (AvgIpc) is 3.43. The lowest BCUT2D eigenvalue weighted by Gasteiger charge is -2.60. The number of aliphatic hydroxyl groups excluding tert-OH is 1. The van der Waals surface area contributed by atoms with Crippen LogP contribution in [-0.2, 0) is 18.9 Å². The van der Waals surface area contributed by atoms with Gasteiger partial charge in [-0.1, -0.05) is 18.6 Å². The molecule has 5 heteroatoms. The van der Waals surface area contributed by atoms with E-state index in [0.29, 0.717) is 37.8 Å². The van der Waals surface area contributed by atoms with E-state index >= 15 is 0 Å². The average molecular weight is 391 g/mol.